The molecule has 1 rings (SSSR count). The van der Waals surface area contributed by atoms with Crippen molar-refractivity contribution in [1.29, 1.82) is 0 Å². The lowest BCUT2D eigenvalue weighted by molar-refractivity contribution is -0.134. The number of ketones is 1. The molecule has 0 atom stereocenters. The average Bonchev–Trinajstić information content (AvgIpc) is 2.14. The molecule has 0 spiro atoms. The van der Waals surface area contributed by atoms with Crippen molar-refractivity contribution in [3.63, 3.8) is 0 Å². The second-order valence-corrected chi connectivity index (χ2v) is 5.35. The van der Waals surface area contributed by atoms with Crippen LogP contribution in [0, 0.1) is 5.41 Å². The molecule has 0 aromatic rings. The van der Waals surface area contributed by atoms with Gasteiger partial charge in [-0.05, 0) is 50.2 Å². The predicted molar refractivity (Wildman–Crippen MR) is 66.7 cm³/mol. The third-order valence-electron chi connectivity index (χ3n) is 3.44. The molecule has 3 nitrogen and oxygen atoms in total. The summed E-state index contributed by atoms with van der Waals surface area (Å²) in [6.45, 7) is 7.51. The molecule has 0 amide bonds. The van der Waals surface area contributed by atoms with E-state index >= 15 is 0 Å². The first-order chi connectivity index (χ1) is 7.75. The predicted octanol–water partition coefficient (Wildman–Crippen LogP) is 3.11. The Labute approximate surface area is 102 Å². The summed E-state index contributed by atoms with van der Waals surface area (Å²) in [7, 11) is 0. The maximum atomic E-state index is 11.3. The summed E-state index contributed by atoms with van der Waals surface area (Å²) in [5, 5.41) is 9.02. The highest BCUT2D eigenvalue weighted by Gasteiger charge is 2.28. The van der Waals surface area contributed by atoms with Crippen molar-refractivity contribution in [2.24, 2.45) is 5.41 Å². The number of carbonyl (C=O) groups is 2. The molecular formula is C14H20O3. The maximum absolute atomic E-state index is 11.3. The normalized spacial score (nSPS) is 20.4. The lowest BCUT2D eigenvalue weighted by Crippen LogP contribution is -2.21. The number of carbonyl (C=O) groups excluding carboxylic acids is 1. The SMILES string of the molecule is CC(=O)/C(=C/C1=C(C)CCCC1(C)C)C(=O)O. The zero-order valence-electron chi connectivity index (χ0n) is 11.0. The minimum atomic E-state index is -1.14. The van der Waals surface area contributed by atoms with Gasteiger partial charge in [0.05, 0.1) is 0 Å². The van der Waals surface area contributed by atoms with Gasteiger partial charge in [0.25, 0.3) is 0 Å². The number of aliphatic carboxylic acids is 1. The van der Waals surface area contributed by atoms with Gasteiger partial charge >= 0.3 is 5.97 Å². The largest absolute Gasteiger partial charge is 0.478 e. The van der Waals surface area contributed by atoms with E-state index in [9.17, 15) is 9.59 Å². The van der Waals surface area contributed by atoms with E-state index in [1.54, 1.807) is 6.08 Å². The molecule has 1 aliphatic rings. The van der Waals surface area contributed by atoms with Gasteiger partial charge in [0.15, 0.2) is 5.78 Å². The highest BCUT2D eigenvalue weighted by atomic mass is 16.4. The molecule has 0 radical (unpaired) electrons. The molecule has 1 N–H and O–H groups in total. The Morgan fingerprint density at radius 3 is 2.35 bits per heavy atom. The molecule has 0 saturated carbocycles. The molecule has 0 bridgehead atoms. The Morgan fingerprint density at radius 1 is 1.35 bits per heavy atom. The average molecular weight is 236 g/mol. The Morgan fingerprint density at radius 2 is 1.94 bits per heavy atom. The molecular weight excluding hydrogens is 216 g/mol. The van der Waals surface area contributed by atoms with Crippen LogP contribution in [0.3, 0.4) is 0 Å². The topological polar surface area (TPSA) is 54.4 Å². The van der Waals surface area contributed by atoms with Crippen LogP contribution in [-0.4, -0.2) is 16.9 Å². The lowest BCUT2D eigenvalue weighted by atomic mass is 9.72. The molecule has 17 heavy (non-hydrogen) atoms. The summed E-state index contributed by atoms with van der Waals surface area (Å²) in [6, 6.07) is 0. The van der Waals surface area contributed by atoms with Gasteiger partial charge in [0, 0.05) is 0 Å². The number of rotatable bonds is 3. The number of hydrogen-bond acceptors (Lipinski definition) is 2. The molecule has 0 saturated heterocycles. The Balaban J connectivity index is 3.26. The van der Waals surface area contributed by atoms with E-state index < -0.39 is 5.97 Å². The van der Waals surface area contributed by atoms with E-state index in [1.165, 1.54) is 12.5 Å². The summed E-state index contributed by atoms with van der Waals surface area (Å²) in [5.41, 5.74) is 2.05. The van der Waals surface area contributed by atoms with Crippen molar-refractivity contribution in [2.75, 3.05) is 0 Å². The van der Waals surface area contributed by atoms with Gasteiger partial charge in [-0.15, -0.1) is 0 Å². The third-order valence-corrected chi connectivity index (χ3v) is 3.44. The molecule has 0 aliphatic heterocycles. The second kappa shape index (κ2) is 4.86. The standard InChI is InChI=1S/C14H20O3/c1-9-6-5-7-14(3,4)12(9)8-11(10(2)15)13(16)17/h8H,5-7H2,1-4H3,(H,16,17)/b11-8-. The summed E-state index contributed by atoms with van der Waals surface area (Å²) >= 11 is 0. The number of carboxylic acids is 1. The Bertz CT molecular complexity index is 395. The Hall–Kier alpha value is -1.38. The number of allylic oxidation sites excluding steroid dienone is 3. The van der Waals surface area contributed by atoms with Crippen LogP contribution in [0.15, 0.2) is 22.8 Å². The van der Waals surface area contributed by atoms with E-state index in [0.717, 1.165) is 24.8 Å². The van der Waals surface area contributed by atoms with Crippen LogP contribution in [0.25, 0.3) is 0 Å². The van der Waals surface area contributed by atoms with E-state index in [2.05, 4.69) is 13.8 Å². The smallest absolute Gasteiger partial charge is 0.339 e. The fourth-order valence-electron chi connectivity index (χ4n) is 2.42. The molecule has 1 aliphatic carbocycles. The van der Waals surface area contributed by atoms with Crippen LogP contribution < -0.4 is 0 Å². The number of Topliss-reactive ketones (excluding diaryl/α,β-unsaturated/α-hetero) is 1. The molecule has 0 aromatic heterocycles. The van der Waals surface area contributed by atoms with Crippen molar-refractivity contribution in [3.8, 4) is 0 Å². The zero-order valence-corrected chi connectivity index (χ0v) is 11.0. The quantitative estimate of drug-likeness (QED) is 0.465. The Kier molecular flexibility index (Phi) is 3.91. The molecule has 0 unspecified atom stereocenters. The van der Waals surface area contributed by atoms with Crippen LogP contribution in [0.2, 0.25) is 0 Å². The van der Waals surface area contributed by atoms with E-state index in [0.29, 0.717) is 0 Å². The summed E-state index contributed by atoms with van der Waals surface area (Å²) < 4.78 is 0. The van der Waals surface area contributed by atoms with Gasteiger partial charge in [-0.3, -0.25) is 4.79 Å². The molecule has 0 aromatic carbocycles. The zero-order chi connectivity index (χ0) is 13.2. The fraction of sp³-hybridized carbons (Fsp3) is 0.571. The van der Waals surface area contributed by atoms with E-state index in [4.69, 9.17) is 5.11 Å². The summed E-state index contributed by atoms with van der Waals surface area (Å²) in [4.78, 5) is 22.3. The highest BCUT2D eigenvalue weighted by Crippen LogP contribution is 2.41. The summed E-state index contributed by atoms with van der Waals surface area (Å²) in [6.07, 6.45) is 4.71. The van der Waals surface area contributed by atoms with Crippen LogP contribution in [0.4, 0.5) is 0 Å². The monoisotopic (exact) mass is 236 g/mol. The van der Waals surface area contributed by atoms with Gasteiger partial charge < -0.3 is 5.11 Å². The van der Waals surface area contributed by atoms with Crippen LogP contribution in [0.5, 0.6) is 0 Å². The van der Waals surface area contributed by atoms with Crippen molar-refractivity contribution in [1.82, 2.24) is 0 Å². The lowest BCUT2D eigenvalue weighted by Gasteiger charge is -2.33. The molecule has 3 heteroatoms. The van der Waals surface area contributed by atoms with Crippen molar-refractivity contribution < 1.29 is 14.7 Å². The number of carboxylic acid groups (broad SMARTS) is 1. The van der Waals surface area contributed by atoms with Crippen molar-refractivity contribution in [3.05, 3.63) is 22.8 Å². The fourth-order valence-corrected chi connectivity index (χ4v) is 2.42. The van der Waals surface area contributed by atoms with Gasteiger partial charge in [0.2, 0.25) is 0 Å². The first-order valence-corrected chi connectivity index (χ1v) is 5.92. The second-order valence-electron chi connectivity index (χ2n) is 5.35. The minimum Gasteiger partial charge on any atom is -0.478 e. The molecule has 0 fully saturated rings. The van der Waals surface area contributed by atoms with E-state index in [1.807, 2.05) is 6.92 Å². The van der Waals surface area contributed by atoms with Crippen LogP contribution >= 0.6 is 0 Å². The van der Waals surface area contributed by atoms with Gasteiger partial charge in [-0.25, -0.2) is 4.79 Å². The van der Waals surface area contributed by atoms with Gasteiger partial charge in [-0.1, -0.05) is 19.4 Å². The van der Waals surface area contributed by atoms with Gasteiger partial charge in [0.1, 0.15) is 5.57 Å². The van der Waals surface area contributed by atoms with Crippen molar-refractivity contribution >= 4 is 11.8 Å². The first-order valence-electron chi connectivity index (χ1n) is 5.92. The minimum absolute atomic E-state index is 0.0432. The van der Waals surface area contributed by atoms with Crippen LogP contribution in [0.1, 0.15) is 47.0 Å². The highest BCUT2D eigenvalue weighted by molar-refractivity contribution is 6.16. The molecule has 0 heterocycles. The third kappa shape index (κ3) is 3.05. The first kappa shape index (κ1) is 13.7. The van der Waals surface area contributed by atoms with Crippen LogP contribution in [-0.2, 0) is 9.59 Å². The number of hydrogen-bond donors (Lipinski definition) is 1. The molecule has 94 valence electrons. The maximum Gasteiger partial charge on any atom is 0.339 e. The van der Waals surface area contributed by atoms with Crippen molar-refractivity contribution in [2.45, 2.75) is 47.0 Å². The van der Waals surface area contributed by atoms with E-state index in [-0.39, 0.29) is 16.8 Å². The summed E-state index contributed by atoms with van der Waals surface area (Å²) in [5.74, 6) is -1.53. The van der Waals surface area contributed by atoms with Gasteiger partial charge in [-0.2, -0.15) is 0 Å².